The van der Waals surface area contributed by atoms with E-state index in [-0.39, 0.29) is 11.5 Å². The molecule has 0 aromatic heterocycles. The van der Waals surface area contributed by atoms with Crippen LogP contribution in [0.1, 0.15) is 12.5 Å². The van der Waals surface area contributed by atoms with E-state index in [4.69, 9.17) is 0 Å². The van der Waals surface area contributed by atoms with Crippen molar-refractivity contribution in [3.63, 3.8) is 0 Å². The summed E-state index contributed by atoms with van der Waals surface area (Å²) in [7, 11) is 0. The summed E-state index contributed by atoms with van der Waals surface area (Å²) in [4.78, 5) is 0. The SMILES string of the molecule is CC=C(O)c1ccccc1O. The van der Waals surface area contributed by atoms with Gasteiger partial charge in [0.15, 0.2) is 0 Å². The van der Waals surface area contributed by atoms with Gasteiger partial charge >= 0.3 is 0 Å². The summed E-state index contributed by atoms with van der Waals surface area (Å²) in [6, 6.07) is 6.66. The van der Waals surface area contributed by atoms with E-state index in [0.29, 0.717) is 5.56 Å². The van der Waals surface area contributed by atoms with Crippen LogP contribution >= 0.6 is 0 Å². The highest BCUT2D eigenvalue weighted by Gasteiger charge is 2.01. The number of aliphatic hydroxyl groups excluding tert-OH is 1. The highest BCUT2D eigenvalue weighted by Crippen LogP contribution is 2.21. The molecule has 0 aliphatic heterocycles. The maximum absolute atomic E-state index is 9.21. The molecule has 0 bridgehead atoms. The van der Waals surface area contributed by atoms with Crippen LogP contribution in [0.4, 0.5) is 0 Å². The first-order valence-electron chi connectivity index (χ1n) is 3.39. The number of rotatable bonds is 1. The van der Waals surface area contributed by atoms with Crippen molar-refractivity contribution < 1.29 is 10.2 Å². The van der Waals surface area contributed by atoms with Gasteiger partial charge in [0.1, 0.15) is 11.5 Å². The highest BCUT2D eigenvalue weighted by atomic mass is 16.3. The molecule has 2 N–H and O–H groups in total. The van der Waals surface area contributed by atoms with Crippen molar-refractivity contribution in [2.24, 2.45) is 0 Å². The Bertz CT molecular complexity index is 277. The standard InChI is InChI=1S/C9H10O2/c1-2-8(10)7-5-3-4-6-9(7)11/h2-6,10-11H,1H3. The van der Waals surface area contributed by atoms with E-state index in [0.717, 1.165) is 0 Å². The molecule has 0 heterocycles. The molecule has 1 aromatic carbocycles. The number of benzene rings is 1. The van der Waals surface area contributed by atoms with E-state index in [1.165, 1.54) is 12.1 Å². The summed E-state index contributed by atoms with van der Waals surface area (Å²) in [6.45, 7) is 1.71. The molecule has 0 fully saturated rings. The molecule has 0 amide bonds. The smallest absolute Gasteiger partial charge is 0.126 e. The van der Waals surface area contributed by atoms with Crippen molar-refractivity contribution in [3.05, 3.63) is 35.9 Å². The lowest BCUT2D eigenvalue weighted by Crippen LogP contribution is -1.81. The molecule has 0 saturated heterocycles. The fourth-order valence-electron chi connectivity index (χ4n) is 0.846. The Labute approximate surface area is 65.4 Å². The lowest BCUT2D eigenvalue weighted by atomic mass is 10.1. The average Bonchev–Trinajstić information content (AvgIpc) is 2.04. The molecule has 0 saturated carbocycles. The minimum absolute atomic E-state index is 0.100. The first-order chi connectivity index (χ1) is 5.25. The van der Waals surface area contributed by atoms with Crippen LogP contribution in [0.5, 0.6) is 5.75 Å². The molecule has 1 aromatic rings. The number of phenols is 1. The molecule has 2 nitrogen and oxygen atoms in total. The first-order valence-corrected chi connectivity index (χ1v) is 3.39. The van der Waals surface area contributed by atoms with E-state index in [9.17, 15) is 10.2 Å². The third kappa shape index (κ3) is 1.52. The maximum Gasteiger partial charge on any atom is 0.126 e. The predicted octanol–water partition coefficient (Wildman–Crippen LogP) is 2.31. The Balaban J connectivity index is 3.14. The van der Waals surface area contributed by atoms with Gasteiger partial charge < -0.3 is 10.2 Å². The van der Waals surface area contributed by atoms with Crippen molar-refractivity contribution >= 4 is 5.76 Å². The molecule has 0 unspecified atom stereocenters. The Hall–Kier alpha value is -1.44. The van der Waals surface area contributed by atoms with Crippen molar-refractivity contribution in [2.45, 2.75) is 6.92 Å². The first kappa shape index (κ1) is 7.66. The fourth-order valence-corrected chi connectivity index (χ4v) is 0.846. The van der Waals surface area contributed by atoms with Gasteiger partial charge in [-0.2, -0.15) is 0 Å². The van der Waals surface area contributed by atoms with Crippen LogP contribution in [-0.2, 0) is 0 Å². The topological polar surface area (TPSA) is 40.5 Å². The van der Waals surface area contributed by atoms with E-state index in [1.54, 1.807) is 25.1 Å². The van der Waals surface area contributed by atoms with E-state index >= 15 is 0 Å². The summed E-state index contributed by atoms with van der Waals surface area (Å²) in [6.07, 6.45) is 1.54. The number of hydrogen-bond acceptors (Lipinski definition) is 2. The minimum Gasteiger partial charge on any atom is -0.508 e. The molecule has 0 spiro atoms. The average molecular weight is 150 g/mol. The van der Waals surface area contributed by atoms with Crippen LogP contribution in [0.2, 0.25) is 0 Å². The number of phenolic OH excluding ortho intramolecular Hbond substituents is 1. The van der Waals surface area contributed by atoms with Crippen LogP contribution in [0, 0.1) is 0 Å². The molecule has 0 aliphatic rings. The Morgan fingerprint density at radius 1 is 1.36 bits per heavy atom. The minimum atomic E-state index is 0.100. The summed E-state index contributed by atoms with van der Waals surface area (Å²) < 4.78 is 0. The van der Waals surface area contributed by atoms with Crippen LogP contribution in [0.25, 0.3) is 5.76 Å². The number of allylic oxidation sites excluding steroid dienone is 1. The Morgan fingerprint density at radius 3 is 2.55 bits per heavy atom. The van der Waals surface area contributed by atoms with Crippen molar-refractivity contribution in [2.75, 3.05) is 0 Å². The zero-order valence-corrected chi connectivity index (χ0v) is 6.28. The van der Waals surface area contributed by atoms with E-state index < -0.39 is 0 Å². The molecule has 0 atom stereocenters. The van der Waals surface area contributed by atoms with Gasteiger partial charge in [-0.05, 0) is 25.1 Å². The molecule has 58 valence electrons. The molecule has 2 heteroatoms. The second kappa shape index (κ2) is 3.10. The van der Waals surface area contributed by atoms with Gasteiger partial charge in [-0.15, -0.1) is 0 Å². The van der Waals surface area contributed by atoms with Crippen LogP contribution in [0.3, 0.4) is 0 Å². The molecular formula is C9H10O2. The Kier molecular flexibility index (Phi) is 2.16. The molecule has 1 rings (SSSR count). The number of aromatic hydroxyl groups is 1. The number of aliphatic hydroxyl groups is 1. The third-order valence-corrected chi connectivity index (χ3v) is 1.45. The second-order valence-electron chi connectivity index (χ2n) is 2.19. The van der Waals surface area contributed by atoms with Crippen LogP contribution in [0.15, 0.2) is 30.3 Å². The van der Waals surface area contributed by atoms with Gasteiger partial charge in [-0.25, -0.2) is 0 Å². The molecular weight excluding hydrogens is 140 g/mol. The lowest BCUT2D eigenvalue weighted by molar-refractivity contribution is 0.460. The van der Waals surface area contributed by atoms with Crippen molar-refractivity contribution in [1.82, 2.24) is 0 Å². The highest BCUT2D eigenvalue weighted by molar-refractivity contribution is 5.63. The molecule has 11 heavy (non-hydrogen) atoms. The normalized spacial score (nSPS) is 11.5. The lowest BCUT2D eigenvalue weighted by Gasteiger charge is -2.00. The quantitative estimate of drug-likeness (QED) is 0.603. The second-order valence-corrected chi connectivity index (χ2v) is 2.19. The zero-order valence-electron chi connectivity index (χ0n) is 6.28. The summed E-state index contributed by atoms with van der Waals surface area (Å²) in [5.41, 5.74) is 0.468. The summed E-state index contributed by atoms with van der Waals surface area (Å²) in [5, 5.41) is 18.4. The van der Waals surface area contributed by atoms with Gasteiger partial charge in [-0.1, -0.05) is 12.1 Å². The largest absolute Gasteiger partial charge is 0.508 e. The summed E-state index contributed by atoms with van der Waals surface area (Å²) >= 11 is 0. The molecule has 0 radical (unpaired) electrons. The van der Waals surface area contributed by atoms with Gasteiger partial charge in [0, 0.05) is 0 Å². The van der Waals surface area contributed by atoms with Crippen LogP contribution in [-0.4, -0.2) is 10.2 Å². The maximum atomic E-state index is 9.21. The number of para-hydroxylation sites is 1. The Morgan fingerprint density at radius 2 is 2.00 bits per heavy atom. The van der Waals surface area contributed by atoms with Gasteiger partial charge in [0.25, 0.3) is 0 Å². The molecule has 0 aliphatic carbocycles. The van der Waals surface area contributed by atoms with Gasteiger partial charge in [-0.3, -0.25) is 0 Å². The predicted molar refractivity (Wildman–Crippen MR) is 44.4 cm³/mol. The van der Waals surface area contributed by atoms with Crippen molar-refractivity contribution in [1.29, 1.82) is 0 Å². The fraction of sp³-hybridized carbons (Fsp3) is 0.111. The monoisotopic (exact) mass is 150 g/mol. The van der Waals surface area contributed by atoms with Gasteiger partial charge in [0.05, 0.1) is 5.56 Å². The van der Waals surface area contributed by atoms with Crippen molar-refractivity contribution in [3.8, 4) is 5.75 Å². The van der Waals surface area contributed by atoms with E-state index in [1.807, 2.05) is 0 Å². The zero-order chi connectivity index (χ0) is 8.27. The summed E-state index contributed by atoms with van der Waals surface area (Å²) in [5.74, 6) is 0.200. The van der Waals surface area contributed by atoms with Crippen LogP contribution < -0.4 is 0 Å². The van der Waals surface area contributed by atoms with E-state index in [2.05, 4.69) is 0 Å². The van der Waals surface area contributed by atoms with Gasteiger partial charge in [0.2, 0.25) is 0 Å². The number of hydrogen-bond donors (Lipinski definition) is 2. The third-order valence-electron chi connectivity index (χ3n) is 1.45.